The van der Waals surface area contributed by atoms with E-state index in [1.165, 1.54) is 50.8 Å². The summed E-state index contributed by atoms with van der Waals surface area (Å²) in [6.07, 6.45) is 7.18. The molecule has 0 spiro atoms. The number of rotatable bonds is 2. The summed E-state index contributed by atoms with van der Waals surface area (Å²) in [7, 11) is 0. The highest BCUT2D eigenvalue weighted by atomic mass is 79.9. The Morgan fingerprint density at radius 3 is 2.74 bits per heavy atom. The largest absolute Gasteiger partial charge is 0.398 e. The molecule has 0 amide bonds. The van der Waals surface area contributed by atoms with E-state index in [1.807, 2.05) is 12.1 Å². The standard InChI is InChI=1S/C16H23BrN2/c17-15-6-3-7-16(18)14(15)11-19-9-8-12-4-1-2-5-13(12)10-19/h3,6-7,12-13H,1-2,4-5,8-11,18H2. The van der Waals surface area contributed by atoms with E-state index in [2.05, 4.69) is 26.9 Å². The molecule has 1 aromatic rings. The molecular weight excluding hydrogens is 300 g/mol. The minimum atomic E-state index is 0.917. The van der Waals surface area contributed by atoms with Gasteiger partial charge in [0, 0.05) is 28.8 Å². The molecule has 0 aromatic heterocycles. The summed E-state index contributed by atoms with van der Waals surface area (Å²) in [5, 5.41) is 0. The molecule has 0 radical (unpaired) electrons. The normalized spacial score (nSPS) is 28.1. The van der Waals surface area contributed by atoms with Crippen LogP contribution in [-0.4, -0.2) is 18.0 Å². The Labute approximate surface area is 124 Å². The summed E-state index contributed by atoms with van der Waals surface area (Å²) in [4.78, 5) is 2.60. The van der Waals surface area contributed by atoms with Crippen LogP contribution in [0.2, 0.25) is 0 Å². The molecule has 2 unspecified atom stereocenters. The van der Waals surface area contributed by atoms with Gasteiger partial charge >= 0.3 is 0 Å². The molecule has 2 fully saturated rings. The Balaban J connectivity index is 1.67. The molecule has 2 atom stereocenters. The van der Waals surface area contributed by atoms with Crippen molar-refractivity contribution in [3.05, 3.63) is 28.2 Å². The Hall–Kier alpha value is -0.540. The zero-order valence-electron chi connectivity index (χ0n) is 11.4. The quantitative estimate of drug-likeness (QED) is 0.832. The first kappa shape index (κ1) is 13.4. The summed E-state index contributed by atoms with van der Waals surface area (Å²) in [6.45, 7) is 3.50. The second-order valence-corrected chi connectivity index (χ2v) is 6.99. The first-order valence-electron chi connectivity index (χ1n) is 7.49. The van der Waals surface area contributed by atoms with E-state index >= 15 is 0 Å². The third kappa shape index (κ3) is 2.97. The number of hydrogen-bond acceptors (Lipinski definition) is 2. The SMILES string of the molecule is Nc1cccc(Br)c1CN1CCC2CCCCC2C1. The number of nitrogen functional groups attached to an aromatic ring is 1. The van der Waals surface area contributed by atoms with Crippen LogP contribution in [0, 0.1) is 11.8 Å². The minimum absolute atomic E-state index is 0.917. The Morgan fingerprint density at radius 1 is 1.16 bits per heavy atom. The molecule has 0 bridgehead atoms. The van der Waals surface area contributed by atoms with Crippen molar-refractivity contribution in [1.82, 2.24) is 4.90 Å². The molecule has 1 heterocycles. The summed E-state index contributed by atoms with van der Waals surface area (Å²) >= 11 is 3.64. The smallest absolute Gasteiger partial charge is 0.0371 e. The van der Waals surface area contributed by atoms with Crippen LogP contribution < -0.4 is 5.73 Å². The lowest BCUT2D eigenvalue weighted by Gasteiger charge is -2.41. The van der Waals surface area contributed by atoms with Crippen LogP contribution in [-0.2, 0) is 6.54 Å². The lowest BCUT2D eigenvalue weighted by Crippen LogP contribution is -2.41. The fourth-order valence-electron chi connectivity index (χ4n) is 3.79. The van der Waals surface area contributed by atoms with Gasteiger partial charge in [0.1, 0.15) is 0 Å². The van der Waals surface area contributed by atoms with Crippen LogP contribution in [0.25, 0.3) is 0 Å². The lowest BCUT2D eigenvalue weighted by atomic mass is 9.75. The van der Waals surface area contributed by atoms with Gasteiger partial charge in [-0.1, -0.05) is 41.3 Å². The molecule has 3 rings (SSSR count). The third-order valence-electron chi connectivity index (χ3n) is 4.91. The number of anilines is 1. The molecule has 19 heavy (non-hydrogen) atoms. The number of nitrogens with zero attached hydrogens (tertiary/aromatic N) is 1. The van der Waals surface area contributed by atoms with Crippen LogP contribution in [0.1, 0.15) is 37.7 Å². The maximum absolute atomic E-state index is 6.11. The Bertz CT molecular complexity index is 426. The summed E-state index contributed by atoms with van der Waals surface area (Å²) in [5.74, 6) is 1.94. The monoisotopic (exact) mass is 322 g/mol. The number of hydrogen-bond donors (Lipinski definition) is 1. The predicted molar refractivity (Wildman–Crippen MR) is 83.9 cm³/mol. The van der Waals surface area contributed by atoms with E-state index in [1.54, 1.807) is 0 Å². The molecule has 1 aliphatic heterocycles. The molecule has 2 aliphatic rings. The third-order valence-corrected chi connectivity index (χ3v) is 5.66. The highest BCUT2D eigenvalue weighted by Crippen LogP contribution is 2.37. The summed E-state index contributed by atoms with van der Waals surface area (Å²) in [6, 6.07) is 6.11. The van der Waals surface area contributed by atoms with E-state index < -0.39 is 0 Å². The average molecular weight is 323 g/mol. The average Bonchev–Trinajstić information content (AvgIpc) is 2.43. The van der Waals surface area contributed by atoms with Crippen molar-refractivity contribution in [1.29, 1.82) is 0 Å². The fourth-order valence-corrected chi connectivity index (χ4v) is 4.29. The van der Waals surface area contributed by atoms with E-state index in [-0.39, 0.29) is 0 Å². The second-order valence-electron chi connectivity index (χ2n) is 6.14. The molecule has 2 N–H and O–H groups in total. The number of piperidine rings is 1. The minimum Gasteiger partial charge on any atom is -0.398 e. The van der Waals surface area contributed by atoms with Gasteiger partial charge in [-0.05, 0) is 43.4 Å². The Morgan fingerprint density at radius 2 is 1.95 bits per heavy atom. The van der Waals surface area contributed by atoms with Crippen LogP contribution in [0.5, 0.6) is 0 Å². The number of benzene rings is 1. The van der Waals surface area contributed by atoms with Crippen molar-refractivity contribution in [2.75, 3.05) is 18.8 Å². The van der Waals surface area contributed by atoms with Gasteiger partial charge in [0.25, 0.3) is 0 Å². The second kappa shape index (κ2) is 5.84. The highest BCUT2D eigenvalue weighted by molar-refractivity contribution is 9.10. The number of fused-ring (bicyclic) bond motifs is 1. The van der Waals surface area contributed by atoms with Gasteiger partial charge < -0.3 is 5.73 Å². The predicted octanol–water partition coefficient (Wildman–Crippen LogP) is 4.04. The zero-order chi connectivity index (χ0) is 13.2. The summed E-state index contributed by atoms with van der Waals surface area (Å²) in [5.41, 5.74) is 8.29. The molecular formula is C16H23BrN2. The van der Waals surface area contributed by atoms with Gasteiger partial charge in [-0.15, -0.1) is 0 Å². The molecule has 1 aliphatic carbocycles. The number of halogens is 1. The van der Waals surface area contributed by atoms with Crippen molar-refractivity contribution in [3.8, 4) is 0 Å². The maximum atomic E-state index is 6.11. The van der Waals surface area contributed by atoms with E-state index in [0.717, 1.165) is 28.5 Å². The van der Waals surface area contributed by atoms with Gasteiger partial charge in [0.15, 0.2) is 0 Å². The van der Waals surface area contributed by atoms with Gasteiger partial charge in [-0.25, -0.2) is 0 Å². The van der Waals surface area contributed by atoms with Crippen LogP contribution in [0.15, 0.2) is 22.7 Å². The van der Waals surface area contributed by atoms with Crippen molar-refractivity contribution in [2.45, 2.75) is 38.6 Å². The Kier molecular flexibility index (Phi) is 4.13. The van der Waals surface area contributed by atoms with Crippen LogP contribution in [0.3, 0.4) is 0 Å². The fraction of sp³-hybridized carbons (Fsp3) is 0.625. The maximum Gasteiger partial charge on any atom is 0.0371 e. The summed E-state index contributed by atoms with van der Waals surface area (Å²) < 4.78 is 1.15. The highest BCUT2D eigenvalue weighted by Gasteiger charge is 2.31. The molecule has 1 saturated heterocycles. The van der Waals surface area contributed by atoms with Gasteiger partial charge in [0.05, 0.1) is 0 Å². The molecule has 1 aromatic carbocycles. The van der Waals surface area contributed by atoms with Crippen molar-refractivity contribution in [3.63, 3.8) is 0 Å². The van der Waals surface area contributed by atoms with Crippen molar-refractivity contribution < 1.29 is 0 Å². The molecule has 104 valence electrons. The first-order valence-corrected chi connectivity index (χ1v) is 8.28. The topological polar surface area (TPSA) is 29.3 Å². The molecule has 2 nitrogen and oxygen atoms in total. The van der Waals surface area contributed by atoms with Crippen LogP contribution in [0.4, 0.5) is 5.69 Å². The van der Waals surface area contributed by atoms with Gasteiger partial charge in [-0.2, -0.15) is 0 Å². The van der Waals surface area contributed by atoms with E-state index in [4.69, 9.17) is 5.73 Å². The molecule has 3 heteroatoms. The van der Waals surface area contributed by atoms with E-state index in [9.17, 15) is 0 Å². The number of likely N-dealkylation sites (tertiary alicyclic amines) is 1. The molecule has 1 saturated carbocycles. The lowest BCUT2D eigenvalue weighted by molar-refractivity contribution is 0.0820. The van der Waals surface area contributed by atoms with Crippen LogP contribution >= 0.6 is 15.9 Å². The van der Waals surface area contributed by atoms with Crippen molar-refractivity contribution >= 4 is 21.6 Å². The first-order chi connectivity index (χ1) is 9.24. The zero-order valence-corrected chi connectivity index (χ0v) is 13.0. The van der Waals surface area contributed by atoms with Gasteiger partial charge in [-0.3, -0.25) is 4.90 Å². The van der Waals surface area contributed by atoms with E-state index in [0.29, 0.717) is 0 Å². The number of nitrogens with two attached hydrogens (primary N) is 1. The van der Waals surface area contributed by atoms with Gasteiger partial charge in [0.2, 0.25) is 0 Å². The van der Waals surface area contributed by atoms with Crippen molar-refractivity contribution in [2.24, 2.45) is 11.8 Å².